The summed E-state index contributed by atoms with van der Waals surface area (Å²) in [5.74, 6) is -0.626. The van der Waals surface area contributed by atoms with Crippen LogP contribution in [0.1, 0.15) is 51.6 Å². The molecule has 2 aliphatic rings. The molecular formula is C19H21B2N3O3. The first kappa shape index (κ1) is 19.4. The van der Waals surface area contributed by atoms with Crippen molar-refractivity contribution in [1.82, 2.24) is 15.1 Å². The van der Waals surface area contributed by atoms with Crippen molar-refractivity contribution in [2.75, 3.05) is 7.05 Å². The fourth-order valence-corrected chi connectivity index (χ4v) is 3.56. The highest BCUT2D eigenvalue weighted by atomic mass is 16.2. The van der Waals surface area contributed by atoms with Crippen LogP contribution in [0.4, 0.5) is 0 Å². The number of carbonyl (C=O) groups excluding carboxylic acids is 3. The summed E-state index contributed by atoms with van der Waals surface area (Å²) in [5, 5.41) is 1.68. The molecule has 2 amide bonds. The van der Waals surface area contributed by atoms with Crippen LogP contribution in [0.3, 0.4) is 0 Å². The third-order valence-electron chi connectivity index (χ3n) is 5.24. The Morgan fingerprint density at radius 2 is 2.00 bits per heavy atom. The first-order valence-corrected chi connectivity index (χ1v) is 8.81. The van der Waals surface area contributed by atoms with E-state index < -0.39 is 11.4 Å². The van der Waals surface area contributed by atoms with Gasteiger partial charge in [-0.3, -0.25) is 14.4 Å². The van der Waals surface area contributed by atoms with E-state index in [1.54, 1.807) is 26.1 Å². The highest BCUT2D eigenvalue weighted by Gasteiger charge is 2.33. The lowest BCUT2D eigenvalue weighted by atomic mass is 9.62. The molecule has 6 nitrogen and oxygen atoms in total. The number of aldehydes is 1. The highest BCUT2D eigenvalue weighted by molar-refractivity contribution is 6.39. The number of likely N-dealkylation sites (N-methyl/N-ethyl adjacent to an activating group) is 1. The average Bonchev–Trinajstić information content (AvgIpc) is 3.02. The van der Waals surface area contributed by atoms with E-state index in [1.165, 1.54) is 4.90 Å². The number of fused-ring (bicyclic) bond motifs is 1. The normalized spacial score (nSPS) is 20.1. The molecule has 1 atom stereocenters. The van der Waals surface area contributed by atoms with Crippen molar-refractivity contribution < 1.29 is 14.4 Å². The largest absolute Gasteiger partial charge is 0.330 e. The van der Waals surface area contributed by atoms with Gasteiger partial charge in [-0.1, -0.05) is 18.8 Å². The van der Waals surface area contributed by atoms with E-state index in [-0.39, 0.29) is 17.4 Å². The predicted molar refractivity (Wildman–Crippen MR) is 103 cm³/mol. The van der Waals surface area contributed by atoms with Crippen molar-refractivity contribution in [3.63, 3.8) is 0 Å². The number of rotatable bonds is 4. The summed E-state index contributed by atoms with van der Waals surface area (Å²) in [4.78, 5) is 40.1. The summed E-state index contributed by atoms with van der Waals surface area (Å²) < 4.78 is 0. The second-order valence-electron chi connectivity index (χ2n) is 7.47. The first-order chi connectivity index (χ1) is 12.6. The molecule has 1 N–H and O–H groups in total. The maximum atomic E-state index is 13.0. The van der Waals surface area contributed by atoms with Gasteiger partial charge in [0.25, 0.3) is 5.91 Å². The van der Waals surface area contributed by atoms with Crippen molar-refractivity contribution >= 4 is 33.8 Å². The van der Waals surface area contributed by atoms with Crippen molar-refractivity contribution in [3.05, 3.63) is 46.7 Å². The summed E-state index contributed by atoms with van der Waals surface area (Å²) in [6, 6.07) is 2.82. The molecule has 1 unspecified atom stereocenters. The zero-order valence-corrected chi connectivity index (χ0v) is 15.6. The van der Waals surface area contributed by atoms with Gasteiger partial charge in [-0.25, -0.2) is 0 Å². The van der Waals surface area contributed by atoms with Crippen LogP contribution in [0.25, 0.3) is 0 Å². The van der Waals surface area contributed by atoms with Crippen LogP contribution < -0.4 is 5.32 Å². The standard InChI is InChI=1S/C19H21B2N3O3/c1-11-4-5-16(17(26)22-11)23(3)18(27)15-7-13-9-24(19(2,20)21)8-12(13)6-14(15)10-25/h6-7,10,16H,1,4-5,8-9H2,2-3H3,(H,22,26). The molecule has 0 saturated carbocycles. The molecule has 0 aliphatic carbocycles. The molecule has 0 bridgehead atoms. The minimum atomic E-state index is -0.996. The maximum Gasteiger partial charge on any atom is 0.255 e. The average molecular weight is 361 g/mol. The van der Waals surface area contributed by atoms with Gasteiger partial charge in [0.2, 0.25) is 5.91 Å². The topological polar surface area (TPSA) is 69.7 Å². The van der Waals surface area contributed by atoms with Crippen LogP contribution in [0, 0.1) is 0 Å². The van der Waals surface area contributed by atoms with Gasteiger partial charge in [0.1, 0.15) is 6.04 Å². The summed E-state index contributed by atoms with van der Waals surface area (Å²) in [6.45, 7) is 6.45. The lowest BCUT2D eigenvalue weighted by molar-refractivity contribution is -0.125. The van der Waals surface area contributed by atoms with E-state index >= 15 is 0 Å². The van der Waals surface area contributed by atoms with Crippen LogP contribution in [-0.4, -0.2) is 62.0 Å². The molecule has 1 fully saturated rings. The zero-order valence-electron chi connectivity index (χ0n) is 15.6. The lowest BCUT2D eigenvalue weighted by Gasteiger charge is -2.32. The molecule has 1 saturated heterocycles. The summed E-state index contributed by atoms with van der Waals surface area (Å²) in [7, 11) is 13.5. The number of hydrogen-bond acceptors (Lipinski definition) is 4. The Hall–Kier alpha value is -2.34. The van der Waals surface area contributed by atoms with Crippen molar-refractivity contribution in [2.45, 2.75) is 44.2 Å². The van der Waals surface area contributed by atoms with Crippen LogP contribution >= 0.6 is 0 Å². The summed E-state index contributed by atoms with van der Waals surface area (Å²) >= 11 is 0. The Kier molecular flexibility index (Phi) is 5.04. The lowest BCUT2D eigenvalue weighted by Crippen LogP contribution is -2.50. The van der Waals surface area contributed by atoms with E-state index in [0.717, 1.165) is 11.1 Å². The van der Waals surface area contributed by atoms with E-state index in [0.29, 0.717) is 43.5 Å². The smallest absolute Gasteiger partial charge is 0.255 e. The SMILES string of the molecule is [B]C([B])(C)N1Cc2cc(C=O)c(C(=O)N(C)C3CCC(=C)NC3=O)cc2C1. The fraction of sp³-hybridized carbons (Fsp3) is 0.421. The Balaban J connectivity index is 1.89. The number of hydrogen-bond donors (Lipinski definition) is 1. The molecule has 2 heterocycles. The van der Waals surface area contributed by atoms with Gasteiger partial charge >= 0.3 is 0 Å². The van der Waals surface area contributed by atoms with E-state index in [9.17, 15) is 14.4 Å². The van der Waals surface area contributed by atoms with Gasteiger partial charge in [-0.15, -0.1) is 0 Å². The zero-order chi connectivity index (χ0) is 19.9. The number of nitrogens with zero attached hydrogens (tertiary/aromatic N) is 2. The van der Waals surface area contributed by atoms with Crippen molar-refractivity contribution in [2.24, 2.45) is 0 Å². The number of amides is 2. The van der Waals surface area contributed by atoms with Gasteiger partial charge in [0, 0.05) is 31.4 Å². The third-order valence-corrected chi connectivity index (χ3v) is 5.24. The molecule has 0 spiro atoms. The quantitative estimate of drug-likeness (QED) is 0.633. The van der Waals surface area contributed by atoms with E-state index in [2.05, 4.69) is 11.9 Å². The summed E-state index contributed by atoms with van der Waals surface area (Å²) in [6.07, 6.45) is 1.77. The number of nitrogens with one attached hydrogen (secondary N) is 1. The minimum Gasteiger partial charge on any atom is -0.330 e. The third kappa shape index (κ3) is 3.72. The molecule has 27 heavy (non-hydrogen) atoms. The van der Waals surface area contributed by atoms with E-state index in [4.69, 9.17) is 15.7 Å². The second kappa shape index (κ2) is 7.00. The molecule has 0 aromatic heterocycles. The first-order valence-electron chi connectivity index (χ1n) is 8.81. The number of benzene rings is 1. The summed E-state index contributed by atoms with van der Waals surface area (Å²) in [5.41, 5.74) is 3.05. The van der Waals surface area contributed by atoms with E-state index in [1.807, 2.05) is 4.90 Å². The Bertz CT molecular complexity index is 832. The van der Waals surface area contributed by atoms with Crippen LogP contribution in [0.15, 0.2) is 24.4 Å². The molecule has 3 rings (SSSR count). The van der Waals surface area contributed by atoms with Gasteiger partial charge in [-0.2, -0.15) is 0 Å². The molecular weight excluding hydrogens is 340 g/mol. The van der Waals surface area contributed by atoms with Gasteiger partial charge < -0.3 is 15.1 Å². The van der Waals surface area contributed by atoms with Crippen molar-refractivity contribution in [1.29, 1.82) is 0 Å². The van der Waals surface area contributed by atoms with Crippen LogP contribution in [0.2, 0.25) is 0 Å². The molecule has 1 aromatic carbocycles. The van der Waals surface area contributed by atoms with Gasteiger partial charge in [0.15, 0.2) is 6.29 Å². The Labute approximate surface area is 161 Å². The number of allylic oxidation sites excluding steroid dienone is 1. The number of piperidine rings is 1. The number of carbonyl (C=O) groups is 3. The fourth-order valence-electron chi connectivity index (χ4n) is 3.56. The van der Waals surface area contributed by atoms with Gasteiger partial charge in [0.05, 0.1) is 21.3 Å². The van der Waals surface area contributed by atoms with Crippen LogP contribution in [0.5, 0.6) is 0 Å². The predicted octanol–water partition coefficient (Wildman–Crippen LogP) is 0.690. The van der Waals surface area contributed by atoms with Gasteiger partial charge in [-0.05, 0) is 36.1 Å². The molecule has 136 valence electrons. The molecule has 4 radical (unpaired) electrons. The monoisotopic (exact) mass is 361 g/mol. The second-order valence-corrected chi connectivity index (χ2v) is 7.47. The Morgan fingerprint density at radius 3 is 2.56 bits per heavy atom. The highest BCUT2D eigenvalue weighted by Crippen LogP contribution is 2.30. The molecule has 8 heteroatoms. The molecule has 2 aliphatic heterocycles. The minimum absolute atomic E-state index is 0.260. The maximum absolute atomic E-state index is 13.0. The Morgan fingerprint density at radius 1 is 1.37 bits per heavy atom. The molecule has 1 aromatic rings. The van der Waals surface area contributed by atoms with Crippen molar-refractivity contribution in [3.8, 4) is 0 Å². The van der Waals surface area contributed by atoms with Crippen LogP contribution in [-0.2, 0) is 17.9 Å².